The molecule has 0 amide bonds. The van der Waals surface area contributed by atoms with Gasteiger partial charge in [-0.25, -0.2) is 0 Å². The molecule has 0 aliphatic carbocycles. The molecule has 25 heavy (non-hydrogen) atoms. The van der Waals surface area contributed by atoms with E-state index in [1.807, 2.05) is 65.6 Å². The highest BCUT2D eigenvalue weighted by molar-refractivity contribution is 6.04. The molecule has 122 valence electrons. The zero-order valence-electron chi connectivity index (χ0n) is 13.3. The Morgan fingerprint density at radius 2 is 1.08 bits per heavy atom. The summed E-state index contributed by atoms with van der Waals surface area (Å²) in [5, 5.41) is 0. The smallest absolute Gasteiger partial charge is 0.152 e. The molecule has 0 unspecified atom stereocenters. The summed E-state index contributed by atoms with van der Waals surface area (Å²) in [4.78, 5) is 36.3. The van der Waals surface area contributed by atoms with E-state index < -0.39 is 0 Å². The van der Waals surface area contributed by atoms with E-state index in [0.29, 0.717) is 24.5 Å². The van der Waals surface area contributed by atoms with E-state index >= 15 is 0 Å². The van der Waals surface area contributed by atoms with Gasteiger partial charge >= 0.3 is 0 Å². The number of para-hydroxylation sites is 2. The van der Waals surface area contributed by atoms with Crippen molar-refractivity contribution in [2.45, 2.75) is 0 Å². The van der Waals surface area contributed by atoms with Crippen LogP contribution in [0.5, 0.6) is 0 Å². The van der Waals surface area contributed by atoms with Gasteiger partial charge < -0.3 is 4.90 Å². The van der Waals surface area contributed by atoms with Crippen molar-refractivity contribution in [1.29, 1.82) is 0 Å². The number of benzene rings is 3. The lowest BCUT2D eigenvalue weighted by atomic mass is 10.00. The summed E-state index contributed by atoms with van der Waals surface area (Å²) in [6.07, 6.45) is 1.74. The normalized spacial score (nSPS) is 10.1. The van der Waals surface area contributed by atoms with E-state index in [1.54, 1.807) is 12.1 Å². The molecule has 3 rings (SSSR count). The molecule has 0 aliphatic rings. The van der Waals surface area contributed by atoms with Gasteiger partial charge in [-0.05, 0) is 36.4 Å². The van der Waals surface area contributed by atoms with Crippen LogP contribution in [0.4, 0.5) is 17.1 Å². The van der Waals surface area contributed by atoms with Gasteiger partial charge in [0.05, 0.1) is 5.69 Å². The van der Waals surface area contributed by atoms with Crippen LogP contribution in [-0.2, 0) is 0 Å². The van der Waals surface area contributed by atoms with E-state index in [2.05, 4.69) is 0 Å². The number of carbonyl (C=O) groups excluding carboxylic acids is 3. The third-order valence-electron chi connectivity index (χ3n) is 3.93. The third kappa shape index (κ3) is 3.10. The molecule has 0 bridgehead atoms. The Hall–Kier alpha value is -3.53. The maximum atomic E-state index is 11.7. The van der Waals surface area contributed by atoms with Gasteiger partial charge in [0.25, 0.3) is 0 Å². The highest BCUT2D eigenvalue weighted by Gasteiger charge is 2.19. The Morgan fingerprint density at radius 1 is 0.560 bits per heavy atom. The number of nitrogens with zero attached hydrogens (tertiary/aromatic N) is 1. The minimum absolute atomic E-state index is 0.0966. The van der Waals surface area contributed by atoms with Crippen LogP contribution in [0.2, 0.25) is 0 Å². The highest BCUT2D eigenvalue weighted by atomic mass is 16.1. The molecule has 0 fully saturated rings. The number of carbonyl (C=O) groups is 3. The number of anilines is 3. The minimum atomic E-state index is 0.0966. The molecule has 4 nitrogen and oxygen atoms in total. The van der Waals surface area contributed by atoms with E-state index in [1.165, 1.54) is 0 Å². The van der Waals surface area contributed by atoms with Crippen molar-refractivity contribution < 1.29 is 14.4 Å². The average molecular weight is 329 g/mol. The predicted octanol–water partition coefficient (Wildman–Crippen LogP) is 4.59. The lowest BCUT2D eigenvalue weighted by Crippen LogP contribution is -2.14. The largest absolute Gasteiger partial charge is 0.310 e. The average Bonchev–Trinajstić information content (AvgIpc) is 2.69. The fraction of sp³-hybridized carbons (Fsp3) is 0. The Morgan fingerprint density at radius 3 is 1.52 bits per heavy atom. The topological polar surface area (TPSA) is 54.5 Å². The zero-order valence-corrected chi connectivity index (χ0v) is 13.3. The van der Waals surface area contributed by atoms with Gasteiger partial charge in [0.15, 0.2) is 18.9 Å². The first-order chi connectivity index (χ1) is 12.3. The first-order valence-electron chi connectivity index (χ1n) is 7.73. The fourth-order valence-corrected chi connectivity index (χ4v) is 2.78. The lowest BCUT2D eigenvalue weighted by Gasteiger charge is -2.27. The van der Waals surface area contributed by atoms with E-state index in [9.17, 15) is 14.4 Å². The van der Waals surface area contributed by atoms with E-state index in [4.69, 9.17) is 0 Å². The molecule has 0 saturated carbocycles. The van der Waals surface area contributed by atoms with Crippen LogP contribution < -0.4 is 4.90 Å². The molecule has 0 radical (unpaired) electrons. The van der Waals surface area contributed by atoms with Gasteiger partial charge in [0, 0.05) is 28.1 Å². The predicted molar refractivity (Wildman–Crippen MR) is 97.3 cm³/mol. The second kappa shape index (κ2) is 7.36. The Labute approximate surface area is 145 Å². The Bertz CT molecular complexity index is 866. The van der Waals surface area contributed by atoms with Gasteiger partial charge in [-0.2, -0.15) is 0 Å². The number of aldehydes is 3. The molecule has 0 atom stereocenters. The van der Waals surface area contributed by atoms with Gasteiger partial charge in [-0.15, -0.1) is 0 Å². The molecular formula is C21H15NO3. The maximum absolute atomic E-state index is 11.7. The molecule has 3 aromatic rings. The zero-order chi connectivity index (χ0) is 17.6. The second-order valence-corrected chi connectivity index (χ2v) is 5.36. The van der Waals surface area contributed by atoms with Gasteiger partial charge in [0.1, 0.15) is 0 Å². The summed E-state index contributed by atoms with van der Waals surface area (Å²) < 4.78 is 0. The standard InChI is InChI=1S/C21H15NO3/c23-13-16-11-12-21(20(15-25)19(16)14-24)22(17-7-3-1-4-8-17)18-9-5-2-6-10-18/h1-15H. The van der Waals surface area contributed by atoms with Gasteiger partial charge in [0.2, 0.25) is 0 Å². The number of hydrogen-bond donors (Lipinski definition) is 0. The van der Waals surface area contributed by atoms with Crippen molar-refractivity contribution in [3.8, 4) is 0 Å². The quantitative estimate of drug-likeness (QED) is 0.621. The fourth-order valence-electron chi connectivity index (χ4n) is 2.78. The van der Waals surface area contributed by atoms with Crippen LogP contribution in [0.3, 0.4) is 0 Å². The molecule has 0 aliphatic heterocycles. The molecule has 3 aromatic carbocycles. The Kier molecular flexibility index (Phi) is 4.81. The van der Waals surface area contributed by atoms with Crippen LogP contribution in [-0.4, -0.2) is 18.9 Å². The van der Waals surface area contributed by atoms with Crippen LogP contribution in [0.15, 0.2) is 72.8 Å². The van der Waals surface area contributed by atoms with E-state index in [-0.39, 0.29) is 16.7 Å². The van der Waals surface area contributed by atoms with Crippen molar-refractivity contribution in [3.05, 3.63) is 89.5 Å². The second-order valence-electron chi connectivity index (χ2n) is 5.36. The van der Waals surface area contributed by atoms with Crippen LogP contribution in [0.25, 0.3) is 0 Å². The summed E-state index contributed by atoms with van der Waals surface area (Å²) in [6.45, 7) is 0. The Balaban J connectivity index is 2.30. The SMILES string of the molecule is O=Cc1ccc(N(c2ccccc2)c2ccccc2)c(C=O)c1C=O. The first kappa shape index (κ1) is 16.3. The third-order valence-corrected chi connectivity index (χ3v) is 3.93. The van der Waals surface area contributed by atoms with Crippen molar-refractivity contribution in [2.75, 3.05) is 4.90 Å². The van der Waals surface area contributed by atoms with Crippen LogP contribution in [0.1, 0.15) is 31.1 Å². The number of hydrogen-bond acceptors (Lipinski definition) is 4. The summed E-state index contributed by atoms with van der Waals surface area (Å²) >= 11 is 0. The molecule has 0 aromatic heterocycles. The summed E-state index contributed by atoms with van der Waals surface area (Å²) in [5.74, 6) is 0. The molecule has 0 heterocycles. The molecule has 0 N–H and O–H groups in total. The first-order valence-corrected chi connectivity index (χ1v) is 7.73. The van der Waals surface area contributed by atoms with Crippen molar-refractivity contribution >= 4 is 35.9 Å². The van der Waals surface area contributed by atoms with Gasteiger partial charge in [-0.3, -0.25) is 14.4 Å². The maximum Gasteiger partial charge on any atom is 0.152 e. The monoisotopic (exact) mass is 329 g/mol. The summed E-state index contributed by atoms with van der Waals surface area (Å²) in [6, 6.07) is 22.3. The summed E-state index contributed by atoms with van der Waals surface area (Å²) in [5.41, 5.74) is 2.70. The molecule has 4 heteroatoms. The number of rotatable bonds is 6. The van der Waals surface area contributed by atoms with Crippen molar-refractivity contribution in [2.24, 2.45) is 0 Å². The van der Waals surface area contributed by atoms with E-state index in [0.717, 1.165) is 11.4 Å². The van der Waals surface area contributed by atoms with Crippen molar-refractivity contribution in [1.82, 2.24) is 0 Å². The molecule has 0 saturated heterocycles. The molecule has 0 spiro atoms. The van der Waals surface area contributed by atoms with Crippen LogP contribution in [0, 0.1) is 0 Å². The highest BCUT2D eigenvalue weighted by Crippen LogP contribution is 2.37. The van der Waals surface area contributed by atoms with Gasteiger partial charge in [-0.1, -0.05) is 36.4 Å². The lowest BCUT2D eigenvalue weighted by molar-refractivity contribution is 0.108. The molecular weight excluding hydrogens is 314 g/mol. The van der Waals surface area contributed by atoms with Crippen molar-refractivity contribution in [3.63, 3.8) is 0 Å². The minimum Gasteiger partial charge on any atom is -0.310 e. The summed E-state index contributed by atoms with van der Waals surface area (Å²) in [7, 11) is 0. The van der Waals surface area contributed by atoms with Crippen LogP contribution >= 0.6 is 0 Å².